The molecule has 0 saturated heterocycles. The van der Waals surface area contributed by atoms with E-state index < -0.39 is 33.7 Å². The fraction of sp³-hybridized carbons (Fsp3) is 0.900. The molecule has 0 amide bonds. The maximum absolute atomic E-state index is 10.0. The molecule has 0 aliphatic rings. The van der Waals surface area contributed by atoms with Crippen LogP contribution in [-0.4, -0.2) is 41.9 Å². The van der Waals surface area contributed by atoms with E-state index in [0.29, 0.717) is 6.61 Å². The number of hydrogen-bond acceptors (Lipinski definition) is 8. The van der Waals surface area contributed by atoms with E-state index in [1.807, 2.05) is 0 Å². The summed E-state index contributed by atoms with van der Waals surface area (Å²) < 4.78 is 30.1. The van der Waals surface area contributed by atoms with Crippen molar-refractivity contribution in [3.63, 3.8) is 0 Å². The molecule has 0 heterocycles. The normalized spacial score (nSPS) is 11.0. The Labute approximate surface area is 260 Å². The summed E-state index contributed by atoms with van der Waals surface area (Å²) >= 11 is 0. The topological polar surface area (TPSA) is 158 Å². The van der Waals surface area contributed by atoms with Crippen LogP contribution >= 0.6 is 0 Å². The number of unbranched alkanes of at least 4 members (excludes halogenated alkanes) is 13. The van der Waals surface area contributed by atoms with Crippen molar-refractivity contribution >= 4 is 22.1 Å². The maximum atomic E-state index is 10.0. The van der Waals surface area contributed by atoms with Gasteiger partial charge >= 0.3 is 88.7 Å². The standard InChI is InChI=1S/C16H34O.C4H6O7S.3Na/c1-2-3-4-5-6-7-8-9-10-11-12-13-14-15-16-17;5-3(6)1-2(4(7)8)12(9,10)11;;;/h17H,2-16H2,1H3;2H,1H2,(H,5,6)(H,7,8)(H,9,10,11);;;/q;;3*+1/p-3. The molecule has 0 saturated carbocycles. The van der Waals surface area contributed by atoms with Crippen molar-refractivity contribution in [3.8, 4) is 0 Å². The number of aliphatic carboxylic acids is 2. The summed E-state index contributed by atoms with van der Waals surface area (Å²) in [4.78, 5) is 19.7. The zero-order valence-corrected chi connectivity index (χ0v) is 27.4. The first-order valence-electron chi connectivity index (χ1n) is 10.6. The van der Waals surface area contributed by atoms with E-state index in [1.54, 1.807) is 0 Å². The molecule has 0 aromatic rings. The van der Waals surface area contributed by atoms with Gasteiger partial charge in [0, 0.05) is 19.0 Å². The minimum Gasteiger partial charge on any atom is -0.747 e. The molecule has 32 heavy (non-hydrogen) atoms. The van der Waals surface area contributed by atoms with Gasteiger partial charge in [0.25, 0.3) is 0 Å². The number of aliphatic hydroxyl groups excluding tert-OH is 1. The fourth-order valence-corrected chi connectivity index (χ4v) is 3.34. The van der Waals surface area contributed by atoms with Gasteiger partial charge in [0.05, 0.1) is 11.2 Å². The van der Waals surface area contributed by atoms with Gasteiger partial charge in [-0.3, -0.25) is 0 Å². The summed E-state index contributed by atoms with van der Waals surface area (Å²) in [5.74, 6) is -4.18. The average Bonchev–Trinajstić information content (AvgIpc) is 2.63. The summed E-state index contributed by atoms with van der Waals surface area (Å²) in [6.07, 6.45) is 17.8. The molecule has 0 aromatic carbocycles. The van der Waals surface area contributed by atoms with E-state index in [2.05, 4.69) is 6.92 Å². The molecule has 1 atom stereocenters. The van der Waals surface area contributed by atoms with Gasteiger partial charge in [-0.15, -0.1) is 0 Å². The third kappa shape index (κ3) is 34.0. The molecular formula is C20H37Na3O8S. The van der Waals surface area contributed by atoms with E-state index in [0.717, 1.165) is 6.42 Å². The van der Waals surface area contributed by atoms with Gasteiger partial charge in [0.2, 0.25) is 0 Å². The first-order valence-corrected chi connectivity index (χ1v) is 12.1. The monoisotopic (exact) mass is 506 g/mol. The van der Waals surface area contributed by atoms with Crippen LogP contribution in [0, 0.1) is 0 Å². The third-order valence-corrected chi connectivity index (χ3v) is 5.53. The summed E-state index contributed by atoms with van der Waals surface area (Å²) in [7, 11) is -5.19. The quantitative estimate of drug-likeness (QED) is 0.109. The molecule has 1 unspecified atom stereocenters. The minimum absolute atomic E-state index is 0. The second kappa shape index (κ2) is 30.8. The van der Waals surface area contributed by atoms with Crippen molar-refractivity contribution in [3.05, 3.63) is 0 Å². The first-order chi connectivity index (χ1) is 13.7. The molecule has 1 N–H and O–H groups in total. The molecule has 0 aromatic heterocycles. The molecule has 174 valence electrons. The molecule has 0 aliphatic carbocycles. The van der Waals surface area contributed by atoms with E-state index in [1.165, 1.54) is 83.5 Å². The van der Waals surface area contributed by atoms with Crippen molar-refractivity contribution < 1.29 is 127 Å². The largest absolute Gasteiger partial charge is 1.00 e. The van der Waals surface area contributed by atoms with Crippen molar-refractivity contribution in [1.82, 2.24) is 0 Å². The summed E-state index contributed by atoms with van der Waals surface area (Å²) in [6, 6.07) is 0. The van der Waals surface area contributed by atoms with Crippen molar-refractivity contribution in [2.75, 3.05) is 6.61 Å². The van der Waals surface area contributed by atoms with Crippen LogP contribution in [0.4, 0.5) is 0 Å². The smallest absolute Gasteiger partial charge is 0.747 e. The van der Waals surface area contributed by atoms with Gasteiger partial charge < -0.3 is 29.5 Å². The summed E-state index contributed by atoms with van der Waals surface area (Å²) in [5.41, 5.74) is 0. The van der Waals surface area contributed by atoms with Gasteiger partial charge in [-0.25, -0.2) is 8.42 Å². The van der Waals surface area contributed by atoms with Gasteiger partial charge in [0.1, 0.15) is 10.1 Å². The molecule has 0 rings (SSSR count). The Bertz CT molecular complexity index is 505. The Morgan fingerprint density at radius 1 is 0.719 bits per heavy atom. The number of carboxylic acids is 2. The molecule has 0 spiro atoms. The number of aliphatic hydroxyl groups is 1. The molecule has 0 radical (unpaired) electrons. The predicted octanol–water partition coefficient (Wildman–Crippen LogP) is -7.74. The second-order valence-electron chi connectivity index (χ2n) is 7.20. The maximum Gasteiger partial charge on any atom is 1.00 e. The number of rotatable bonds is 18. The fourth-order valence-electron chi connectivity index (χ4n) is 2.76. The van der Waals surface area contributed by atoms with Gasteiger partial charge in [0.15, 0.2) is 0 Å². The molecule has 8 nitrogen and oxygen atoms in total. The van der Waals surface area contributed by atoms with Crippen molar-refractivity contribution in [2.45, 2.75) is 108 Å². The number of carbonyl (C=O) groups excluding carboxylic acids is 2. The van der Waals surface area contributed by atoms with Crippen LogP contribution in [0.15, 0.2) is 0 Å². The molecule has 0 bridgehead atoms. The van der Waals surface area contributed by atoms with Crippen LogP contribution < -0.4 is 98.9 Å². The Morgan fingerprint density at radius 3 is 1.22 bits per heavy atom. The Hall–Kier alpha value is 1.81. The van der Waals surface area contributed by atoms with Gasteiger partial charge in [-0.1, -0.05) is 90.4 Å². The molecular weight excluding hydrogens is 469 g/mol. The zero-order valence-electron chi connectivity index (χ0n) is 20.6. The zero-order chi connectivity index (χ0) is 22.5. The van der Waals surface area contributed by atoms with Gasteiger partial charge in [-0.05, 0) is 6.42 Å². The van der Waals surface area contributed by atoms with Crippen molar-refractivity contribution in [1.29, 1.82) is 0 Å². The van der Waals surface area contributed by atoms with Crippen LogP contribution in [0.5, 0.6) is 0 Å². The third-order valence-electron chi connectivity index (χ3n) is 4.48. The number of hydrogen-bond donors (Lipinski definition) is 1. The predicted molar refractivity (Wildman–Crippen MR) is 106 cm³/mol. The Balaban J connectivity index is -0.000000145. The second-order valence-corrected chi connectivity index (χ2v) is 8.75. The van der Waals surface area contributed by atoms with E-state index in [-0.39, 0.29) is 88.7 Å². The van der Waals surface area contributed by atoms with Crippen LogP contribution in [0.3, 0.4) is 0 Å². The summed E-state index contributed by atoms with van der Waals surface area (Å²) in [6.45, 7) is 2.65. The SMILES string of the molecule is CCCCCCCCCCCCCCCCO.O=C([O-])CC(C(=O)[O-])S(=O)(=O)[O-].[Na+].[Na+].[Na+]. The van der Waals surface area contributed by atoms with E-state index >= 15 is 0 Å². The van der Waals surface area contributed by atoms with Crippen LogP contribution in [0.2, 0.25) is 0 Å². The minimum atomic E-state index is -5.19. The molecule has 0 fully saturated rings. The summed E-state index contributed by atoms with van der Waals surface area (Å²) in [5, 5.41) is 25.7. The first kappa shape index (κ1) is 43.9. The van der Waals surface area contributed by atoms with Crippen molar-refractivity contribution in [2.24, 2.45) is 0 Å². The Morgan fingerprint density at radius 2 is 1.03 bits per heavy atom. The van der Waals surface area contributed by atoms with Crippen LogP contribution in [0.25, 0.3) is 0 Å². The van der Waals surface area contributed by atoms with Crippen LogP contribution in [0.1, 0.15) is 103 Å². The Kier molecular flexibility index (Phi) is 42.3. The molecule has 0 aliphatic heterocycles. The number of carboxylic acid groups (broad SMARTS) is 2. The number of carbonyl (C=O) groups is 2. The van der Waals surface area contributed by atoms with Crippen LogP contribution in [-0.2, 0) is 19.7 Å². The molecule has 12 heteroatoms. The average molecular weight is 507 g/mol. The van der Waals surface area contributed by atoms with E-state index in [9.17, 15) is 32.8 Å². The van der Waals surface area contributed by atoms with E-state index in [4.69, 9.17) is 5.11 Å². The van der Waals surface area contributed by atoms with Gasteiger partial charge in [-0.2, -0.15) is 0 Å².